The van der Waals surface area contributed by atoms with Gasteiger partial charge in [-0.1, -0.05) is 80.9 Å². The zero-order valence-corrected chi connectivity index (χ0v) is 15.4. The van der Waals surface area contributed by atoms with Crippen molar-refractivity contribution in [2.75, 3.05) is 13.7 Å². The number of methoxy groups -OCH3 is 1. The van der Waals surface area contributed by atoms with Gasteiger partial charge in [-0.05, 0) is 19.3 Å². The molecule has 3 heteroatoms. The van der Waals surface area contributed by atoms with Crippen LogP contribution in [-0.2, 0) is 9.53 Å². The maximum Gasteiger partial charge on any atom is 0.154 e. The Hall–Kier alpha value is 0.360. The van der Waals surface area contributed by atoms with Crippen molar-refractivity contribution in [1.82, 2.24) is 0 Å². The number of hydrogen-bond donors (Lipinski definition) is 0. The number of carbonyl (C=O) groups excluding carboxylic acids is 1. The molecule has 1 fully saturated rings. The van der Waals surface area contributed by atoms with Gasteiger partial charge in [-0.3, -0.25) is 4.79 Å². The fourth-order valence-electron chi connectivity index (χ4n) is 3.36. The van der Waals surface area contributed by atoms with E-state index >= 15 is 0 Å². The van der Waals surface area contributed by atoms with Crippen LogP contribution in [0.25, 0.3) is 0 Å². The zero-order valence-electron chi connectivity index (χ0n) is 13.3. The molecule has 0 aliphatic heterocycles. The summed E-state index contributed by atoms with van der Waals surface area (Å²) >= 11 is 2.37. The van der Waals surface area contributed by atoms with E-state index in [1.54, 1.807) is 7.11 Å². The van der Waals surface area contributed by atoms with Crippen molar-refractivity contribution in [3.63, 3.8) is 0 Å². The number of rotatable bonds is 11. The summed E-state index contributed by atoms with van der Waals surface area (Å²) < 4.78 is 5.53. The second kappa shape index (κ2) is 10.1. The molecular formula is C17H31IO2. The first-order chi connectivity index (χ1) is 9.66. The molecule has 0 aromatic carbocycles. The number of unbranched alkanes of at least 4 members (excludes halogenated alkanes) is 5. The molecule has 0 saturated heterocycles. The highest BCUT2D eigenvalue weighted by Gasteiger charge is 2.43. The van der Waals surface area contributed by atoms with Crippen LogP contribution in [0.4, 0.5) is 0 Å². The minimum absolute atomic E-state index is 0.150. The molecule has 1 rings (SSSR count). The summed E-state index contributed by atoms with van der Waals surface area (Å²) in [5.74, 6) is 0.464. The Labute approximate surface area is 138 Å². The average molecular weight is 394 g/mol. The number of carbonyl (C=O) groups is 1. The minimum atomic E-state index is -0.150. The van der Waals surface area contributed by atoms with E-state index in [2.05, 4.69) is 29.5 Å². The normalized spacial score (nSPS) is 19.1. The Bertz CT molecular complexity index is 272. The number of ketones is 1. The topological polar surface area (TPSA) is 26.3 Å². The van der Waals surface area contributed by atoms with Gasteiger partial charge in [-0.25, -0.2) is 0 Å². The summed E-state index contributed by atoms with van der Waals surface area (Å²) in [7, 11) is 1.73. The molecule has 0 heterocycles. The van der Waals surface area contributed by atoms with Crippen molar-refractivity contribution in [2.24, 2.45) is 5.41 Å². The molecule has 0 spiro atoms. The van der Waals surface area contributed by atoms with Crippen molar-refractivity contribution in [1.29, 1.82) is 0 Å². The quantitative estimate of drug-likeness (QED) is 0.270. The lowest BCUT2D eigenvalue weighted by Crippen LogP contribution is -2.38. The van der Waals surface area contributed by atoms with Crippen molar-refractivity contribution < 1.29 is 9.53 Å². The molecule has 1 aliphatic carbocycles. The highest BCUT2D eigenvalue weighted by molar-refractivity contribution is 14.1. The molecule has 20 heavy (non-hydrogen) atoms. The first kappa shape index (κ1) is 18.4. The Morgan fingerprint density at radius 3 is 2.35 bits per heavy atom. The van der Waals surface area contributed by atoms with Crippen LogP contribution in [-0.4, -0.2) is 23.4 Å². The third-order valence-corrected chi connectivity index (χ3v) is 5.79. The Balaban J connectivity index is 2.30. The average Bonchev–Trinajstić information content (AvgIpc) is 2.91. The van der Waals surface area contributed by atoms with E-state index in [0.29, 0.717) is 12.4 Å². The Kier molecular flexibility index (Phi) is 9.34. The fourth-order valence-corrected chi connectivity index (χ4v) is 4.46. The van der Waals surface area contributed by atoms with E-state index in [-0.39, 0.29) is 9.34 Å². The number of halogens is 1. The van der Waals surface area contributed by atoms with Crippen molar-refractivity contribution in [2.45, 2.75) is 81.5 Å². The van der Waals surface area contributed by atoms with Crippen LogP contribution >= 0.6 is 22.6 Å². The molecular weight excluding hydrogens is 363 g/mol. The van der Waals surface area contributed by atoms with Gasteiger partial charge in [0.1, 0.15) is 0 Å². The molecule has 1 saturated carbocycles. The maximum atomic E-state index is 12.7. The summed E-state index contributed by atoms with van der Waals surface area (Å²) in [5, 5.41) is 0. The Morgan fingerprint density at radius 1 is 1.15 bits per heavy atom. The highest BCUT2D eigenvalue weighted by Crippen LogP contribution is 2.41. The predicted molar refractivity (Wildman–Crippen MR) is 93.6 cm³/mol. The van der Waals surface area contributed by atoms with Gasteiger partial charge in [0.05, 0.1) is 15.9 Å². The van der Waals surface area contributed by atoms with E-state index in [0.717, 1.165) is 19.3 Å². The van der Waals surface area contributed by atoms with Gasteiger partial charge in [-0.15, -0.1) is 0 Å². The van der Waals surface area contributed by atoms with Crippen LogP contribution in [0.15, 0.2) is 0 Å². The first-order valence-electron chi connectivity index (χ1n) is 8.33. The van der Waals surface area contributed by atoms with Crippen LogP contribution in [0, 0.1) is 5.41 Å². The molecule has 0 amide bonds. The molecule has 0 N–H and O–H groups in total. The Morgan fingerprint density at radius 2 is 1.75 bits per heavy atom. The standard InChI is InChI=1S/C17H31IO2/c1-3-4-5-6-7-8-11-15(18)16(19)17(14-20-2)12-9-10-13-17/h15H,3-14H2,1-2H3. The molecule has 0 radical (unpaired) electrons. The number of hydrogen-bond acceptors (Lipinski definition) is 2. The molecule has 0 aromatic heterocycles. The van der Waals surface area contributed by atoms with Crippen LogP contribution in [0.1, 0.15) is 77.6 Å². The number of alkyl halides is 1. The zero-order chi connectivity index (χ0) is 14.8. The third-order valence-electron chi connectivity index (χ3n) is 4.60. The van der Waals surface area contributed by atoms with Crippen LogP contribution in [0.5, 0.6) is 0 Å². The SMILES string of the molecule is CCCCCCCCC(I)C(=O)C1(COC)CCCC1. The maximum absolute atomic E-state index is 12.7. The van der Waals surface area contributed by atoms with Crippen LogP contribution in [0.2, 0.25) is 0 Å². The van der Waals surface area contributed by atoms with Crippen molar-refractivity contribution >= 4 is 28.4 Å². The molecule has 118 valence electrons. The largest absolute Gasteiger partial charge is 0.384 e. The van der Waals surface area contributed by atoms with E-state index in [1.807, 2.05) is 0 Å². The van der Waals surface area contributed by atoms with Gasteiger partial charge in [0.2, 0.25) is 0 Å². The molecule has 1 aliphatic rings. The van der Waals surface area contributed by atoms with E-state index in [4.69, 9.17) is 4.74 Å². The second-order valence-corrected chi connectivity index (χ2v) is 7.81. The first-order valence-corrected chi connectivity index (χ1v) is 9.58. The highest BCUT2D eigenvalue weighted by atomic mass is 127. The number of ether oxygens (including phenoxy) is 1. The molecule has 1 atom stereocenters. The third kappa shape index (κ3) is 5.63. The lowest BCUT2D eigenvalue weighted by Gasteiger charge is -2.28. The molecule has 0 bridgehead atoms. The van der Waals surface area contributed by atoms with Gasteiger partial charge in [0.15, 0.2) is 5.78 Å². The molecule has 2 nitrogen and oxygen atoms in total. The van der Waals surface area contributed by atoms with E-state index < -0.39 is 0 Å². The second-order valence-electron chi connectivity index (χ2n) is 6.31. The van der Waals surface area contributed by atoms with Crippen molar-refractivity contribution in [3.05, 3.63) is 0 Å². The minimum Gasteiger partial charge on any atom is -0.384 e. The summed E-state index contributed by atoms with van der Waals surface area (Å²) in [6, 6.07) is 0. The number of Topliss-reactive ketones (excluding diaryl/α,β-unsaturated/α-hetero) is 1. The van der Waals surface area contributed by atoms with Gasteiger partial charge < -0.3 is 4.74 Å². The predicted octanol–water partition coefficient (Wildman–Crippen LogP) is 5.32. The van der Waals surface area contributed by atoms with Crippen LogP contribution < -0.4 is 0 Å². The fraction of sp³-hybridized carbons (Fsp3) is 0.941. The smallest absolute Gasteiger partial charge is 0.154 e. The lowest BCUT2D eigenvalue weighted by molar-refractivity contribution is -0.130. The van der Waals surface area contributed by atoms with E-state index in [9.17, 15) is 4.79 Å². The van der Waals surface area contributed by atoms with Gasteiger partial charge in [-0.2, -0.15) is 0 Å². The van der Waals surface area contributed by atoms with E-state index in [1.165, 1.54) is 51.4 Å². The summed E-state index contributed by atoms with van der Waals surface area (Å²) in [5.41, 5.74) is -0.150. The lowest BCUT2D eigenvalue weighted by atomic mass is 9.80. The summed E-state index contributed by atoms with van der Waals surface area (Å²) in [6.07, 6.45) is 13.3. The van der Waals surface area contributed by atoms with Gasteiger partial charge >= 0.3 is 0 Å². The van der Waals surface area contributed by atoms with Gasteiger partial charge in [0.25, 0.3) is 0 Å². The summed E-state index contributed by atoms with van der Waals surface area (Å²) in [6.45, 7) is 2.87. The summed E-state index contributed by atoms with van der Waals surface area (Å²) in [4.78, 5) is 12.7. The monoisotopic (exact) mass is 394 g/mol. The molecule has 1 unspecified atom stereocenters. The van der Waals surface area contributed by atoms with Crippen molar-refractivity contribution in [3.8, 4) is 0 Å². The van der Waals surface area contributed by atoms with Gasteiger partial charge in [0, 0.05) is 7.11 Å². The molecule has 0 aromatic rings. The van der Waals surface area contributed by atoms with Crippen LogP contribution in [0.3, 0.4) is 0 Å².